The second-order valence-corrected chi connectivity index (χ2v) is 5.82. The summed E-state index contributed by atoms with van der Waals surface area (Å²) in [5.74, 6) is 1.48. The highest BCUT2D eigenvalue weighted by Gasteiger charge is 2.11. The lowest BCUT2D eigenvalue weighted by atomic mass is 10.1. The predicted octanol–water partition coefficient (Wildman–Crippen LogP) is 4.81. The lowest BCUT2D eigenvalue weighted by molar-refractivity contribution is 0.476. The summed E-state index contributed by atoms with van der Waals surface area (Å²) < 4.78 is 7.05. The highest BCUT2D eigenvalue weighted by Crippen LogP contribution is 2.34. The zero-order valence-corrected chi connectivity index (χ0v) is 13.2. The Morgan fingerprint density at radius 1 is 1.10 bits per heavy atom. The number of benzene rings is 2. The lowest BCUT2D eigenvalue weighted by Gasteiger charge is -2.15. The summed E-state index contributed by atoms with van der Waals surface area (Å²) in [5, 5.41) is 1.05. The fourth-order valence-electron chi connectivity index (χ4n) is 2.25. The van der Waals surface area contributed by atoms with Crippen molar-refractivity contribution in [2.75, 3.05) is 0 Å². The van der Waals surface area contributed by atoms with Crippen LogP contribution in [0.15, 0.2) is 59.2 Å². The van der Waals surface area contributed by atoms with Gasteiger partial charge in [-0.05, 0) is 31.2 Å². The summed E-state index contributed by atoms with van der Waals surface area (Å²) in [5.41, 5.74) is 7.83. The summed E-state index contributed by atoms with van der Waals surface area (Å²) in [6.07, 6.45) is 1.77. The maximum atomic E-state index is 6.09. The number of nitrogens with two attached hydrogens (primary N) is 1. The minimum atomic E-state index is -0.101. The van der Waals surface area contributed by atoms with Crippen molar-refractivity contribution in [2.45, 2.75) is 13.0 Å². The van der Waals surface area contributed by atoms with Gasteiger partial charge in [-0.3, -0.25) is 4.98 Å². The van der Waals surface area contributed by atoms with Gasteiger partial charge in [0.2, 0.25) is 0 Å². The maximum absolute atomic E-state index is 6.09. The van der Waals surface area contributed by atoms with Gasteiger partial charge in [-0.15, -0.1) is 0 Å². The molecule has 1 unspecified atom stereocenters. The van der Waals surface area contributed by atoms with Gasteiger partial charge in [-0.2, -0.15) is 0 Å². The number of para-hydroxylation sites is 1. The zero-order chi connectivity index (χ0) is 14.8. The Balaban J connectivity index is 2.09. The molecule has 1 heterocycles. The summed E-state index contributed by atoms with van der Waals surface area (Å²) in [7, 11) is 0. The lowest BCUT2D eigenvalue weighted by Crippen LogP contribution is -2.06. The molecule has 0 spiro atoms. The van der Waals surface area contributed by atoms with Gasteiger partial charge in [0.1, 0.15) is 11.3 Å². The van der Waals surface area contributed by atoms with E-state index < -0.39 is 0 Å². The van der Waals surface area contributed by atoms with E-state index in [1.807, 2.05) is 55.5 Å². The average Bonchev–Trinajstić information content (AvgIpc) is 2.47. The largest absolute Gasteiger partial charge is 0.455 e. The third kappa shape index (κ3) is 2.91. The van der Waals surface area contributed by atoms with Crippen LogP contribution >= 0.6 is 15.9 Å². The first-order chi connectivity index (χ1) is 10.1. The SMILES string of the molecule is CC(N)c1ccc(Br)cc1Oc1cccc2cccnc12. The molecule has 21 heavy (non-hydrogen) atoms. The van der Waals surface area contributed by atoms with Gasteiger partial charge in [0.15, 0.2) is 5.75 Å². The normalized spacial score (nSPS) is 12.3. The Labute approximate surface area is 131 Å². The van der Waals surface area contributed by atoms with Crippen LogP contribution in [0.2, 0.25) is 0 Å². The average molecular weight is 343 g/mol. The van der Waals surface area contributed by atoms with Crippen molar-refractivity contribution >= 4 is 26.8 Å². The van der Waals surface area contributed by atoms with E-state index in [4.69, 9.17) is 10.5 Å². The van der Waals surface area contributed by atoms with E-state index in [1.165, 1.54) is 0 Å². The van der Waals surface area contributed by atoms with Crippen molar-refractivity contribution in [2.24, 2.45) is 5.73 Å². The number of rotatable bonds is 3. The van der Waals surface area contributed by atoms with E-state index in [2.05, 4.69) is 20.9 Å². The molecular formula is C17H15BrN2O. The maximum Gasteiger partial charge on any atom is 0.153 e. The molecule has 3 rings (SSSR count). The van der Waals surface area contributed by atoms with Gasteiger partial charge >= 0.3 is 0 Å². The van der Waals surface area contributed by atoms with Crippen molar-refractivity contribution in [3.63, 3.8) is 0 Å². The molecular weight excluding hydrogens is 328 g/mol. The van der Waals surface area contributed by atoms with Crippen LogP contribution in [0.5, 0.6) is 11.5 Å². The molecule has 3 nitrogen and oxygen atoms in total. The van der Waals surface area contributed by atoms with Crippen molar-refractivity contribution in [3.8, 4) is 11.5 Å². The van der Waals surface area contributed by atoms with Crippen LogP contribution < -0.4 is 10.5 Å². The summed E-state index contributed by atoms with van der Waals surface area (Å²) in [4.78, 5) is 4.41. The van der Waals surface area contributed by atoms with Crippen molar-refractivity contribution in [3.05, 3.63) is 64.8 Å². The van der Waals surface area contributed by atoms with E-state index in [1.54, 1.807) is 6.20 Å². The molecule has 0 radical (unpaired) electrons. The van der Waals surface area contributed by atoms with E-state index >= 15 is 0 Å². The third-order valence-corrected chi connectivity index (χ3v) is 3.78. The monoisotopic (exact) mass is 342 g/mol. The fourth-order valence-corrected chi connectivity index (χ4v) is 2.59. The van der Waals surface area contributed by atoms with Crippen LogP contribution in [-0.2, 0) is 0 Å². The van der Waals surface area contributed by atoms with Crippen LogP contribution in [0, 0.1) is 0 Å². The molecule has 106 valence electrons. The van der Waals surface area contributed by atoms with Gasteiger partial charge in [-0.1, -0.05) is 40.2 Å². The van der Waals surface area contributed by atoms with Gasteiger partial charge in [-0.25, -0.2) is 0 Å². The number of hydrogen-bond acceptors (Lipinski definition) is 3. The first kappa shape index (κ1) is 14.0. The van der Waals surface area contributed by atoms with Gasteiger partial charge in [0.05, 0.1) is 0 Å². The molecule has 0 saturated heterocycles. The predicted molar refractivity (Wildman–Crippen MR) is 88.6 cm³/mol. The Morgan fingerprint density at radius 2 is 1.90 bits per heavy atom. The van der Waals surface area contributed by atoms with Crippen LogP contribution in [-0.4, -0.2) is 4.98 Å². The molecule has 2 N–H and O–H groups in total. The number of ether oxygens (including phenoxy) is 1. The summed E-state index contributed by atoms with van der Waals surface area (Å²) in [6.45, 7) is 1.94. The zero-order valence-electron chi connectivity index (χ0n) is 11.6. The minimum Gasteiger partial charge on any atom is -0.455 e. The standard InChI is InChI=1S/C17H15BrN2O/c1-11(19)14-8-7-13(18)10-16(14)21-15-6-2-4-12-5-3-9-20-17(12)15/h2-11H,19H2,1H3. The smallest absolute Gasteiger partial charge is 0.153 e. The van der Waals surface area contributed by atoms with Crippen LogP contribution in [0.4, 0.5) is 0 Å². The molecule has 0 aliphatic heterocycles. The molecule has 2 aromatic carbocycles. The molecule has 1 atom stereocenters. The van der Waals surface area contributed by atoms with Crippen LogP contribution in [0.25, 0.3) is 10.9 Å². The van der Waals surface area contributed by atoms with Crippen LogP contribution in [0.3, 0.4) is 0 Å². The third-order valence-electron chi connectivity index (χ3n) is 3.28. The van der Waals surface area contributed by atoms with Gasteiger partial charge in [0.25, 0.3) is 0 Å². The molecule has 0 amide bonds. The van der Waals surface area contributed by atoms with Gasteiger partial charge in [0, 0.05) is 27.7 Å². The molecule has 0 aliphatic rings. The molecule has 0 bridgehead atoms. The Hall–Kier alpha value is -1.91. The molecule has 1 aromatic heterocycles. The van der Waals surface area contributed by atoms with Crippen molar-refractivity contribution in [1.82, 2.24) is 4.98 Å². The quantitative estimate of drug-likeness (QED) is 0.742. The van der Waals surface area contributed by atoms with Gasteiger partial charge < -0.3 is 10.5 Å². The van der Waals surface area contributed by atoms with E-state index in [0.717, 1.165) is 32.4 Å². The highest BCUT2D eigenvalue weighted by molar-refractivity contribution is 9.10. The first-order valence-corrected chi connectivity index (χ1v) is 7.51. The first-order valence-electron chi connectivity index (χ1n) is 6.72. The van der Waals surface area contributed by atoms with Crippen molar-refractivity contribution < 1.29 is 4.74 Å². The minimum absolute atomic E-state index is 0.101. The Morgan fingerprint density at radius 3 is 2.71 bits per heavy atom. The van der Waals surface area contributed by atoms with E-state index in [-0.39, 0.29) is 6.04 Å². The topological polar surface area (TPSA) is 48.1 Å². The molecule has 3 aromatic rings. The number of halogens is 1. The number of pyridine rings is 1. The van der Waals surface area contributed by atoms with Crippen molar-refractivity contribution in [1.29, 1.82) is 0 Å². The molecule has 4 heteroatoms. The number of aromatic nitrogens is 1. The van der Waals surface area contributed by atoms with E-state index in [0.29, 0.717) is 0 Å². The number of hydrogen-bond donors (Lipinski definition) is 1. The Kier molecular flexibility index (Phi) is 3.90. The number of nitrogens with zero attached hydrogens (tertiary/aromatic N) is 1. The number of fused-ring (bicyclic) bond motifs is 1. The summed E-state index contributed by atoms with van der Waals surface area (Å²) in [6, 6.07) is 15.6. The molecule has 0 saturated carbocycles. The van der Waals surface area contributed by atoms with Crippen LogP contribution in [0.1, 0.15) is 18.5 Å². The molecule has 0 fully saturated rings. The second kappa shape index (κ2) is 5.84. The Bertz CT molecular complexity index is 781. The van der Waals surface area contributed by atoms with E-state index in [9.17, 15) is 0 Å². The fraction of sp³-hybridized carbons (Fsp3) is 0.118. The highest BCUT2D eigenvalue weighted by atomic mass is 79.9. The summed E-state index contributed by atoms with van der Waals surface area (Å²) >= 11 is 3.47. The molecule has 0 aliphatic carbocycles. The second-order valence-electron chi connectivity index (χ2n) is 4.90.